The summed E-state index contributed by atoms with van der Waals surface area (Å²) >= 11 is 3.12. The number of carboxylic acids is 1. The molecule has 0 spiro atoms. The highest BCUT2D eigenvalue weighted by atomic mass is 79.9. The Morgan fingerprint density at radius 1 is 1.10 bits per heavy atom. The lowest BCUT2D eigenvalue weighted by atomic mass is 10.1. The number of aliphatic hydroxyl groups excluding tert-OH is 1. The second-order valence-corrected chi connectivity index (χ2v) is 5.16. The van der Waals surface area contributed by atoms with Gasteiger partial charge < -0.3 is 15.5 Å². The molecule has 0 saturated heterocycles. The molecule has 0 aliphatic carbocycles. The molecule has 5 nitrogen and oxygen atoms in total. The van der Waals surface area contributed by atoms with E-state index in [1.807, 2.05) is 0 Å². The highest BCUT2D eigenvalue weighted by Gasteiger charge is 2.18. The minimum atomic E-state index is -1.32. The quantitative estimate of drug-likeness (QED) is 0.791. The first-order valence-corrected chi connectivity index (χ1v) is 6.85. The van der Waals surface area contributed by atoms with Gasteiger partial charge >= 0.3 is 5.97 Å². The van der Waals surface area contributed by atoms with Crippen molar-refractivity contribution < 1.29 is 19.8 Å². The topological polar surface area (TPSA) is 86.6 Å². The van der Waals surface area contributed by atoms with Crippen molar-refractivity contribution in [1.82, 2.24) is 0 Å². The molecule has 108 valence electrons. The van der Waals surface area contributed by atoms with E-state index >= 15 is 0 Å². The summed E-state index contributed by atoms with van der Waals surface area (Å²) in [6.45, 7) is 0. The zero-order valence-electron chi connectivity index (χ0n) is 10.8. The normalized spacial score (nSPS) is 11.7. The molecule has 0 fully saturated rings. The number of halogens is 1. The smallest absolute Gasteiger partial charge is 0.336 e. The van der Waals surface area contributed by atoms with Gasteiger partial charge in [0.05, 0.1) is 5.56 Å². The lowest BCUT2D eigenvalue weighted by molar-refractivity contribution is -0.124. The predicted octanol–water partition coefficient (Wildman–Crippen LogP) is 2.82. The Morgan fingerprint density at radius 2 is 1.76 bits per heavy atom. The monoisotopic (exact) mass is 349 g/mol. The fourth-order valence-corrected chi connectivity index (χ4v) is 2.18. The number of anilines is 1. The van der Waals surface area contributed by atoms with Gasteiger partial charge in [0.2, 0.25) is 0 Å². The maximum Gasteiger partial charge on any atom is 0.336 e. The molecule has 0 aliphatic rings. The van der Waals surface area contributed by atoms with E-state index in [9.17, 15) is 14.7 Å². The van der Waals surface area contributed by atoms with Gasteiger partial charge in [-0.2, -0.15) is 0 Å². The number of benzene rings is 2. The summed E-state index contributed by atoms with van der Waals surface area (Å²) in [6, 6.07) is 12.9. The molecular formula is C15H12BrNO4. The van der Waals surface area contributed by atoms with Crippen LogP contribution in [0.4, 0.5) is 5.69 Å². The first-order valence-electron chi connectivity index (χ1n) is 6.06. The van der Waals surface area contributed by atoms with E-state index in [2.05, 4.69) is 21.2 Å². The van der Waals surface area contributed by atoms with Gasteiger partial charge in [0.15, 0.2) is 6.10 Å². The van der Waals surface area contributed by atoms with Crippen LogP contribution in [0.2, 0.25) is 0 Å². The summed E-state index contributed by atoms with van der Waals surface area (Å²) in [7, 11) is 0. The molecule has 2 aromatic carbocycles. The van der Waals surface area contributed by atoms with Gasteiger partial charge in [-0.25, -0.2) is 4.79 Å². The zero-order chi connectivity index (χ0) is 15.4. The Balaban J connectivity index is 2.16. The summed E-state index contributed by atoms with van der Waals surface area (Å²) < 4.78 is 0.414. The highest BCUT2D eigenvalue weighted by molar-refractivity contribution is 9.10. The van der Waals surface area contributed by atoms with Crippen LogP contribution in [0.15, 0.2) is 53.0 Å². The minimum Gasteiger partial charge on any atom is -0.478 e. The zero-order valence-corrected chi connectivity index (χ0v) is 12.4. The summed E-state index contributed by atoms with van der Waals surface area (Å²) in [5.41, 5.74) is 0.795. The van der Waals surface area contributed by atoms with Crippen molar-refractivity contribution >= 4 is 33.5 Å². The van der Waals surface area contributed by atoms with Crippen molar-refractivity contribution in [3.05, 3.63) is 64.1 Å². The van der Waals surface area contributed by atoms with Crippen LogP contribution in [0, 0.1) is 0 Å². The van der Waals surface area contributed by atoms with E-state index in [1.54, 1.807) is 36.4 Å². The minimum absolute atomic E-state index is 0.0296. The summed E-state index contributed by atoms with van der Waals surface area (Å²) in [6.07, 6.45) is -1.32. The third-order valence-corrected chi connectivity index (χ3v) is 3.52. The molecule has 0 bridgehead atoms. The van der Waals surface area contributed by atoms with Crippen LogP contribution < -0.4 is 5.32 Å². The number of amides is 1. The van der Waals surface area contributed by atoms with Crippen LogP contribution in [0.3, 0.4) is 0 Å². The molecule has 2 rings (SSSR count). The largest absolute Gasteiger partial charge is 0.478 e. The SMILES string of the molecule is O=C(O)c1cc(NC(=O)C(O)c2ccccc2)ccc1Br. The molecule has 0 heterocycles. The summed E-state index contributed by atoms with van der Waals surface area (Å²) in [5, 5.41) is 21.5. The Labute approximate surface area is 129 Å². The number of aromatic carboxylic acids is 1. The molecule has 1 unspecified atom stereocenters. The van der Waals surface area contributed by atoms with Crippen molar-refractivity contribution in [3.8, 4) is 0 Å². The molecule has 6 heteroatoms. The van der Waals surface area contributed by atoms with Crippen LogP contribution in [-0.2, 0) is 4.79 Å². The van der Waals surface area contributed by atoms with Crippen LogP contribution in [0.1, 0.15) is 22.0 Å². The average Bonchev–Trinajstić information content (AvgIpc) is 2.49. The van der Waals surface area contributed by atoms with E-state index in [-0.39, 0.29) is 5.56 Å². The fraction of sp³-hybridized carbons (Fsp3) is 0.0667. The molecule has 0 aliphatic heterocycles. The van der Waals surface area contributed by atoms with Crippen LogP contribution in [0.25, 0.3) is 0 Å². The van der Waals surface area contributed by atoms with E-state index in [4.69, 9.17) is 5.11 Å². The van der Waals surface area contributed by atoms with Crippen molar-refractivity contribution in [2.75, 3.05) is 5.32 Å². The summed E-state index contributed by atoms with van der Waals surface area (Å²) in [4.78, 5) is 23.0. The number of carboxylic acid groups (broad SMARTS) is 1. The number of carbonyl (C=O) groups excluding carboxylic acids is 1. The van der Waals surface area contributed by atoms with Crippen molar-refractivity contribution in [3.63, 3.8) is 0 Å². The van der Waals surface area contributed by atoms with Crippen molar-refractivity contribution in [1.29, 1.82) is 0 Å². The Morgan fingerprint density at radius 3 is 2.38 bits per heavy atom. The molecule has 1 atom stereocenters. The second kappa shape index (κ2) is 6.51. The van der Waals surface area contributed by atoms with Gasteiger partial charge in [-0.15, -0.1) is 0 Å². The standard InChI is InChI=1S/C15H12BrNO4/c16-12-7-6-10(8-11(12)15(20)21)17-14(19)13(18)9-4-2-1-3-5-9/h1-8,13,18H,(H,17,19)(H,20,21). The van der Waals surface area contributed by atoms with Crippen molar-refractivity contribution in [2.45, 2.75) is 6.10 Å². The van der Waals surface area contributed by atoms with Crippen LogP contribution in [0.5, 0.6) is 0 Å². The maximum atomic E-state index is 12.0. The number of hydrogen-bond donors (Lipinski definition) is 3. The van der Waals surface area contributed by atoms with Gasteiger partial charge in [0.1, 0.15) is 0 Å². The Hall–Kier alpha value is -2.18. The van der Waals surface area contributed by atoms with Gasteiger partial charge in [0, 0.05) is 10.2 Å². The highest BCUT2D eigenvalue weighted by Crippen LogP contribution is 2.22. The van der Waals surface area contributed by atoms with Gasteiger partial charge in [-0.1, -0.05) is 30.3 Å². The molecule has 0 aromatic heterocycles. The van der Waals surface area contributed by atoms with Crippen LogP contribution >= 0.6 is 15.9 Å². The molecule has 0 radical (unpaired) electrons. The van der Waals surface area contributed by atoms with E-state index < -0.39 is 18.0 Å². The summed E-state index contributed by atoms with van der Waals surface area (Å²) in [5.74, 6) is -1.73. The molecule has 3 N–H and O–H groups in total. The predicted molar refractivity (Wildman–Crippen MR) is 81.1 cm³/mol. The number of aliphatic hydroxyl groups is 1. The molecular weight excluding hydrogens is 338 g/mol. The number of rotatable bonds is 4. The lowest BCUT2D eigenvalue weighted by Gasteiger charge is -2.12. The van der Waals surface area contributed by atoms with E-state index in [0.717, 1.165) is 0 Å². The van der Waals surface area contributed by atoms with Gasteiger partial charge in [-0.05, 0) is 39.7 Å². The van der Waals surface area contributed by atoms with E-state index in [1.165, 1.54) is 12.1 Å². The third-order valence-electron chi connectivity index (χ3n) is 2.83. The van der Waals surface area contributed by atoms with Crippen LogP contribution in [-0.4, -0.2) is 22.1 Å². The second-order valence-electron chi connectivity index (χ2n) is 4.30. The lowest BCUT2D eigenvalue weighted by Crippen LogP contribution is -2.21. The Bertz CT molecular complexity index is 673. The fourth-order valence-electron chi connectivity index (χ4n) is 1.76. The number of nitrogens with one attached hydrogen (secondary N) is 1. The Kier molecular flexibility index (Phi) is 4.72. The molecule has 0 saturated carbocycles. The first-order chi connectivity index (χ1) is 9.99. The molecule has 2 aromatic rings. The average molecular weight is 350 g/mol. The number of carbonyl (C=O) groups is 2. The molecule has 21 heavy (non-hydrogen) atoms. The maximum absolute atomic E-state index is 12.0. The van der Waals surface area contributed by atoms with Gasteiger partial charge in [0.25, 0.3) is 5.91 Å². The van der Waals surface area contributed by atoms with E-state index in [0.29, 0.717) is 15.7 Å². The van der Waals surface area contributed by atoms with Crippen molar-refractivity contribution in [2.24, 2.45) is 0 Å². The third kappa shape index (κ3) is 3.68. The first kappa shape index (κ1) is 15.2. The van der Waals surface area contributed by atoms with Gasteiger partial charge in [-0.3, -0.25) is 4.79 Å². The number of hydrogen-bond acceptors (Lipinski definition) is 3. The molecule has 1 amide bonds.